The van der Waals surface area contributed by atoms with Crippen molar-refractivity contribution in [3.8, 4) is 0 Å². The largest absolute Gasteiger partial charge is 0.462 e. The first-order valence-electron chi connectivity index (χ1n) is 23.9. The third-order valence-corrected chi connectivity index (χ3v) is 11.2. The standard InChI is InChI=1S/C48H92O6/c1-5-8-10-12-13-24-28-32-36-40-47(50)53-43-45(42-52-46(49)39-35-30-11-9-6-2)54-48(51)41-37-33-29-26-23-21-19-17-15-14-16-18-20-22-25-27-31-34-38-44(4)7-3/h44-45H,5-43H2,1-4H3/t44?,45-/m1/s1. The Morgan fingerprint density at radius 2 is 0.648 bits per heavy atom. The molecule has 54 heavy (non-hydrogen) atoms. The summed E-state index contributed by atoms with van der Waals surface area (Å²) in [6, 6.07) is 0. The van der Waals surface area contributed by atoms with Gasteiger partial charge in [-0.3, -0.25) is 14.4 Å². The Labute approximate surface area is 336 Å². The Kier molecular flexibility index (Phi) is 41.3. The molecule has 1 unspecified atom stereocenters. The van der Waals surface area contributed by atoms with E-state index < -0.39 is 6.10 Å². The quantitative estimate of drug-likeness (QED) is 0.0349. The molecular formula is C48H92O6. The van der Waals surface area contributed by atoms with Crippen LogP contribution in [0.4, 0.5) is 0 Å². The molecule has 2 atom stereocenters. The molecule has 0 spiro atoms. The van der Waals surface area contributed by atoms with Crippen LogP contribution in [0.25, 0.3) is 0 Å². The van der Waals surface area contributed by atoms with Gasteiger partial charge in [-0.15, -0.1) is 0 Å². The Bertz CT molecular complexity index is 813. The molecule has 6 heteroatoms. The first-order chi connectivity index (χ1) is 26.4. The number of carbonyl (C=O) groups is 3. The van der Waals surface area contributed by atoms with Gasteiger partial charge in [0.05, 0.1) is 0 Å². The predicted molar refractivity (Wildman–Crippen MR) is 229 cm³/mol. The van der Waals surface area contributed by atoms with Crippen LogP contribution in [0.1, 0.15) is 265 Å². The van der Waals surface area contributed by atoms with Gasteiger partial charge in [-0.25, -0.2) is 0 Å². The zero-order valence-corrected chi connectivity index (χ0v) is 36.7. The highest BCUT2D eigenvalue weighted by molar-refractivity contribution is 5.71. The van der Waals surface area contributed by atoms with Crippen molar-refractivity contribution in [2.24, 2.45) is 5.92 Å². The fourth-order valence-electron chi connectivity index (χ4n) is 7.12. The molecule has 0 heterocycles. The van der Waals surface area contributed by atoms with Crippen molar-refractivity contribution in [1.29, 1.82) is 0 Å². The Hall–Kier alpha value is -1.59. The summed E-state index contributed by atoms with van der Waals surface area (Å²) in [4.78, 5) is 37.4. The topological polar surface area (TPSA) is 78.9 Å². The SMILES string of the molecule is CCCCCCCCCCCC(=O)OC[C@@H](COC(=O)CCCCCCC)OC(=O)CCCCCCCCCCCCCCCCCCCCC(C)CC. The lowest BCUT2D eigenvalue weighted by Crippen LogP contribution is -2.30. The second-order valence-corrected chi connectivity index (χ2v) is 16.6. The summed E-state index contributed by atoms with van der Waals surface area (Å²) in [6.07, 6.45) is 42.7. The summed E-state index contributed by atoms with van der Waals surface area (Å²) < 4.78 is 16.6. The maximum atomic E-state index is 12.7. The minimum atomic E-state index is -0.757. The molecule has 320 valence electrons. The van der Waals surface area contributed by atoms with Crippen LogP contribution in [-0.2, 0) is 28.6 Å². The van der Waals surface area contributed by atoms with E-state index in [4.69, 9.17) is 14.2 Å². The molecule has 0 aliphatic heterocycles. The van der Waals surface area contributed by atoms with Crippen molar-refractivity contribution in [1.82, 2.24) is 0 Å². The monoisotopic (exact) mass is 765 g/mol. The van der Waals surface area contributed by atoms with E-state index in [2.05, 4.69) is 27.7 Å². The van der Waals surface area contributed by atoms with Gasteiger partial charge in [0.2, 0.25) is 0 Å². The molecule has 0 aromatic carbocycles. The molecule has 0 aromatic rings. The number of rotatable bonds is 43. The van der Waals surface area contributed by atoms with Crippen LogP contribution >= 0.6 is 0 Å². The van der Waals surface area contributed by atoms with E-state index >= 15 is 0 Å². The molecule has 0 saturated heterocycles. The van der Waals surface area contributed by atoms with Crippen molar-refractivity contribution >= 4 is 17.9 Å². The van der Waals surface area contributed by atoms with Gasteiger partial charge in [0, 0.05) is 19.3 Å². The van der Waals surface area contributed by atoms with Gasteiger partial charge in [0.25, 0.3) is 0 Å². The van der Waals surface area contributed by atoms with Gasteiger partial charge in [0.15, 0.2) is 6.10 Å². The zero-order valence-electron chi connectivity index (χ0n) is 36.7. The van der Waals surface area contributed by atoms with Crippen molar-refractivity contribution in [2.45, 2.75) is 271 Å². The lowest BCUT2D eigenvalue weighted by Gasteiger charge is -2.18. The second-order valence-electron chi connectivity index (χ2n) is 16.6. The third-order valence-electron chi connectivity index (χ3n) is 11.2. The van der Waals surface area contributed by atoms with Crippen molar-refractivity contribution in [2.75, 3.05) is 13.2 Å². The van der Waals surface area contributed by atoms with E-state index in [9.17, 15) is 14.4 Å². The maximum Gasteiger partial charge on any atom is 0.306 e. The number of esters is 3. The molecule has 0 rings (SSSR count). The molecule has 0 amide bonds. The molecule has 0 saturated carbocycles. The van der Waals surface area contributed by atoms with E-state index in [-0.39, 0.29) is 31.1 Å². The highest BCUT2D eigenvalue weighted by Gasteiger charge is 2.19. The summed E-state index contributed by atoms with van der Waals surface area (Å²) in [5, 5.41) is 0. The van der Waals surface area contributed by atoms with E-state index in [0.717, 1.165) is 70.1 Å². The van der Waals surface area contributed by atoms with Gasteiger partial charge in [-0.05, 0) is 25.2 Å². The van der Waals surface area contributed by atoms with E-state index in [1.807, 2.05) is 0 Å². The Balaban J connectivity index is 4.03. The molecule has 0 fully saturated rings. The summed E-state index contributed by atoms with van der Waals surface area (Å²) in [5.74, 6) is 0.0404. The van der Waals surface area contributed by atoms with Crippen molar-refractivity contribution < 1.29 is 28.6 Å². The summed E-state index contributed by atoms with van der Waals surface area (Å²) >= 11 is 0. The van der Waals surface area contributed by atoms with Crippen molar-refractivity contribution in [3.63, 3.8) is 0 Å². The Morgan fingerprint density at radius 1 is 0.370 bits per heavy atom. The number of unbranched alkanes of at least 4 members (excludes halogenated alkanes) is 29. The zero-order chi connectivity index (χ0) is 39.6. The molecule has 6 nitrogen and oxygen atoms in total. The fourth-order valence-corrected chi connectivity index (χ4v) is 7.12. The predicted octanol–water partition coefficient (Wildman–Crippen LogP) is 15.1. The van der Waals surface area contributed by atoms with Crippen LogP contribution < -0.4 is 0 Å². The van der Waals surface area contributed by atoms with Gasteiger partial charge in [0.1, 0.15) is 13.2 Å². The van der Waals surface area contributed by atoms with Gasteiger partial charge >= 0.3 is 17.9 Å². The lowest BCUT2D eigenvalue weighted by atomic mass is 9.99. The van der Waals surface area contributed by atoms with Crippen LogP contribution in [0.5, 0.6) is 0 Å². The number of hydrogen-bond acceptors (Lipinski definition) is 6. The average molecular weight is 765 g/mol. The number of hydrogen-bond donors (Lipinski definition) is 0. The number of ether oxygens (including phenoxy) is 3. The summed E-state index contributed by atoms with van der Waals surface area (Å²) in [7, 11) is 0. The minimum absolute atomic E-state index is 0.0649. The van der Waals surface area contributed by atoms with E-state index in [1.165, 1.54) is 154 Å². The summed E-state index contributed by atoms with van der Waals surface area (Å²) in [5.41, 5.74) is 0. The lowest BCUT2D eigenvalue weighted by molar-refractivity contribution is -0.167. The van der Waals surface area contributed by atoms with Crippen LogP contribution in [-0.4, -0.2) is 37.2 Å². The summed E-state index contributed by atoms with van der Waals surface area (Å²) in [6.45, 7) is 8.96. The highest BCUT2D eigenvalue weighted by Crippen LogP contribution is 2.17. The van der Waals surface area contributed by atoms with Gasteiger partial charge in [-0.1, -0.05) is 227 Å². The molecule has 0 aromatic heterocycles. The molecule has 0 N–H and O–H groups in total. The second kappa shape index (κ2) is 42.6. The first-order valence-corrected chi connectivity index (χ1v) is 23.9. The van der Waals surface area contributed by atoms with Gasteiger partial charge < -0.3 is 14.2 Å². The van der Waals surface area contributed by atoms with Crippen LogP contribution in [0.2, 0.25) is 0 Å². The smallest absolute Gasteiger partial charge is 0.306 e. The highest BCUT2D eigenvalue weighted by atomic mass is 16.6. The molecular weight excluding hydrogens is 673 g/mol. The van der Waals surface area contributed by atoms with E-state index in [1.54, 1.807) is 0 Å². The maximum absolute atomic E-state index is 12.7. The normalized spacial score (nSPS) is 12.4. The first kappa shape index (κ1) is 52.4. The molecule has 0 radical (unpaired) electrons. The van der Waals surface area contributed by atoms with Gasteiger partial charge in [-0.2, -0.15) is 0 Å². The van der Waals surface area contributed by atoms with Crippen LogP contribution in [0.3, 0.4) is 0 Å². The number of carbonyl (C=O) groups excluding carboxylic acids is 3. The molecule has 0 bridgehead atoms. The third kappa shape index (κ3) is 40.1. The molecule has 0 aliphatic rings. The minimum Gasteiger partial charge on any atom is -0.462 e. The fraction of sp³-hybridized carbons (Fsp3) is 0.938. The van der Waals surface area contributed by atoms with E-state index in [0.29, 0.717) is 19.3 Å². The van der Waals surface area contributed by atoms with Crippen LogP contribution in [0, 0.1) is 5.92 Å². The van der Waals surface area contributed by atoms with Crippen molar-refractivity contribution in [3.05, 3.63) is 0 Å². The van der Waals surface area contributed by atoms with Crippen LogP contribution in [0.15, 0.2) is 0 Å². The Morgan fingerprint density at radius 3 is 0.963 bits per heavy atom. The molecule has 0 aliphatic carbocycles. The average Bonchev–Trinajstić information content (AvgIpc) is 3.17.